The highest BCUT2D eigenvalue weighted by atomic mass is 15.3. The summed E-state index contributed by atoms with van der Waals surface area (Å²) in [6, 6.07) is 12.0. The fourth-order valence-electron chi connectivity index (χ4n) is 2.24. The van der Waals surface area contributed by atoms with Crippen LogP contribution in [0, 0.1) is 0 Å². The number of nitrogen functional groups attached to an aromatic ring is 1. The maximum Gasteiger partial charge on any atom is 0.157 e. The van der Waals surface area contributed by atoms with Crippen molar-refractivity contribution in [2.75, 3.05) is 17.7 Å². The van der Waals surface area contributed by atoms with Crippen LogP contribution in [-0.4, -0.2) is 21.6 Å². The lowest BCUT2D eigenvalue weighted by atomic mass is 10.1. The number of aromatic nitrogens is 3. The Morgan fingerprint density at radius 3 is 2.90 bits per heavy atom. The Morgan fingerprint density at radius 1 is 1.25 bits per heavy atom. The lowest BCUT2D eigenvalue weighted by molar-refractivity contribution is 0.727. The summed E-state index contributed by atoms with van der Waals surface area (Å²) in [6.07, 6.45) is 3.66. The molecule has 0 amide bonds. The molecule has 20 heavy (non-hydrogen) atoms. The Bertz CT molecular complexity index is 734. The zero-order valence-electron chi connectivity index (χ0n) is 11.6. The van der Waals surface area contributed by atoms with Crippen molar-refractivity contribution in [2.45, 2.75) is 13.0 Å². The van der Waals surface area contributed by atoms with Gasteiger partial charge >= 0.3 is 0 Å². The molecule has 1 atom stereocenters. The Hall–Kier alpha value is -2.56. The Labute approximate surface area is 117 Å². The third kappa shape index (κ3) is 2.18. The van der Waals surface area contributed by atoms with E-state index < -0.39 is 0 Å². The van der Waals surface area contributed by atoms with Crippen molar-refractivity contribution in [3.8, 4) is 0 Å². The maximum atomic E-state index is 5.85. The van der Waals surface area contributed by atoms with Crippen LogP contribution in [0.5, 0.6) is 0 Å². The smallest absolute Gasteiger partial charge is 0.157 e. The Morgan fingerprint density at radius 2 is 2.10 bits per heavy atom. The standard InChI is InChI=1S/C15H17N5/c1-11(12-4-3-5-13(16)10-12)19(2)14-7-9-20-15(18-14)6-8-17-20/h3-11H,16H2,1-2H3. The molecule has 2 heterocycles. The molecule has 2 aromatic heterocycles. The van der Waals surface area contributed by atoms with Gasteiger partial charge in [-0.1, -0.05) is 12.1 Å². The van der Waals surface area contributed by atoms with E-state index in [0.29, 0.717) is 0 Å². The quantitative estimate of drug-likeness (QED) is 0.741. The molecule has 0 fully saturated rings. The monoisotopic (exact) mass is 267 g/mol. The van der Waals surface area contributed by atoms with Crippen LogP contribution in [0.3, 0.4) is 0 Å². The van der Waals surface area contributed by atoms with E-state index in [0.717, 1.165) is 17.2 Å². The third-order valence-corrected chi connectivity index (χ3v) is 3.58. The van der Waals surface area contributed by atoms with Crippen LogP contribution in [0.15, 0.2) is 48.8 Å². The van der Waals surface area contributed by atoms with Crippen LogP contribution in [0.1, 0.15) is 18.5 Å². The van der Waals surface area contributed by atoms with Gasteiger partial charge in [0.2, 0.25) is 0 Å². The van der Waals surface area contributed by atoms with Gasteiger partial charge in [-0.2, -0.15) is 5.10 Å². The van der Waals surface area contributed by atoms with Gasteiger partial charge in [-0.25, -0.2) is 9.50 Å². The highest BCUT2D eigenvalue weighted by Crippen LogP contribution is 2.25. The van der Waals surface area contributed by atoms with Crippen LogP contribution in [0.4, 0.5) is 11.5 Å². The molecular formula is C15H17N5. The molecule has 5 nitrogen and oxygen atoms in total. The van der Waals surface area contributed by atoms with Crippen molar-refractivity contribution in [1.29, 1.82) is 0 Å². The summed E-state index contributed by atoms with van der Waals surface area (Å²) in [5.41, 5.74) is 8.64. The lowest BCUT2D eigenvalue weighted by Gasteiger charge is -2.26. The van der Waals surface area contributed by atoms with Gasteiger partial charge in [0, 0.05) is 25.0 Å². The molecule has 0 aliphatic carbocycles. The summed E-state index contributed by atoms with van der Waals surface area (Å²) < 4.78 is 1.75. The summed E-state index contributed by atoms with van der Waals surface area (Å²) in [5.74, 6) is 0.910. The fraction of sp³-hybridized carbons (Fsp3) is 0.200. The highest BCUT2D eigenvalue weighted by Gasteiger charge is 2.14. The number of hydrogen-bond acceptors (Lipinski definition) is 4. The minimum atomic E-state index is 0.191. The molecule has 102 valence electrons. The van der Waals surface area contributed by atoms with Gasteiger partial charge in [0.05, 0.1) is 12.2 Å². The van der Waals surface area contributed by atoms with E-state index in [-0.39, 0.29) is 6.04 Å². The molecule has 3 aromatic rings. The minimum absolute atomic E-state index is 0.191. The molecule has 5 heteroatoms. The first-order valence-corrected chi connectivity index (χ1v) is 6.54. The summed E-state index contributed by atoms with van der Waals surface area (Å²) in [4.78, 5) is 6.73. The zero-order valence-corrected chi connectivity index (χ0v) is 11.6. The van der Waals surface area contributed by atoms with Gasteiger partial charge in [-0.05, 0) is 30.7 Å². The van der Waals surface area contributed by atoms with Gasteiger partial charge in [-0.15, -0.1) is 0 Å². The van der Waals surface area contributed by atoms with Crippen molar-refractivity contribution in [3.05, 3.63) is 54.4 Å². The molecule has 0 aliphatic rings. The number of rotatable bonds is 3. The average Bonchev–Trinajstić information content (AvgIpc) is 2.93. The SMILES string of the molecule is CC(c1cccc(N)c1)N(C)c1ccn2nccc2n1. The molecular weight excluding hydrogens is 250 g/mol. The second-order valence-electron chi connectivity index (χ2n) is 4.88. The topological polar surface area (TPSA) is 59.5 Å². The second-order valence-corrected chi connectivity index (χ2v) is 4.88. The van der Waals surface area contributed by atoms with Gasteiger partial charge < -0.3 is 10.6 Å². The first-order chi connectivity index (χ1) is 9.65. The highest BCUT2D eigenvalue weighted by molar-refractivity contribution is 5.50. The summed E-state index contributed by atoms with van der Waals surface area (Å²) >= 11 is 0. The van der Waals surface area contributed by atoms with E-state index in [1.54, 1.807) is 10.7 Å². The molecule has 1 aromatic carbocycles. The molecule has 1 unspecified atom stereocenters. The number of nitrogens with zero attached hydrogens (tertiary/aromatic N) is 4. The van der Waals surface area contributed by atoms with Crippen LogP contribution in [0.2, 0.25) is 0 Å². The summed E-state index contributed by atoms with van der Waals surface area (Å²) in [5, 5.41) is 4.15. The van der Waals surface area contributed by atoms with E-state index >= 15 is 0 Å². The number of anilines is 2. The first kappa shape index (κ1) is 12.5. The van der Waals surface area contributed by atoms with Gasteiger partial charge in [-0.3, -0.25) is 0 Å². The Balaban J connectivity index is 1.92. The van der Waals surface area contributed by atoms with Crippen molar-refractivity contribution >= 4 is 17.2 Å². The van der Waals surface area contributed by atoms with Gasteiger partial charge in [0.15, 0.2) is 5.65 Å². The number of fused-ring (bicyclic) bond motifs is 1. The van der Waals surface area contributed by atoms with E-state index in [4.69, 9.17) is 5.73 Å². The normalized spacial score (nSPS) is 12.5. The van der Waals surface area contributed by atoms with Crippen molar-refractivity contribution < 1.29 is 0 Å². The molecule has 0 spiro atoms. The van der Waals surface area contributed by atoms with Crippen molar-refractivity contribution in [3.63, 3.8) is 0 Å². The second kappa shape index (κ2) is 4.85. The van der Waals surface area contributed by atoms with E-state index in [9.17, 15) is 0 Å². The number of benzene rings is 1. The molecule has 0 saturated heterocycles. The summed E-state index contributed by atoms with van der Waals surface area (Å²) in [7, 11) is 2.03. The average molecular weight is 267 g/mol. The molecule has 3 rings (SSSR count). The minimum Gasteiger partial charge on any atom is -0.399 e. The molecule has 0 aliphatic heterocycles. The fourth-order valence-corrected chi connectivity index (χ4v) is 2.24. The number of hydrogen-bond donors (Lipinski definition) is 1. The van der Waals surface area contributed by atoms with E-state index in [2.05, 4.69) is 28.0 Å². The largest absolute Gasteiger partial charge is 0.399 e. The molecule has 0 radical (unpaired) electrons. The maximum absolute atomic E-state index is 5.85. The van der Waals surface area contributed by atoms with Crippen molar-refractivity contribution in [2.24, 2.45) is 0 Å². The summed E-state index contributed by atoms with van der Waals surface area (Å²) in [6.45, 7) is 2.14. The van der Waals surface area contributed by atoms with Crippen LogP contribution in [0.25, 0.3) is 5.65 Å². The van der Waals surface area contributed by atoms with Crippen LogP contribution in [-0.2, 0) is 0 Å². The van der Waals surface area contributed by atoms with Gasteiger partial charge in [0.1, 0.15) is 5.82 Å². The zero-order chi connectivity index (χ0) is 14.1. The lowest BCUT2D eigenvalue weighted by Crippen LogP contribution is -2.22. The predicted octanol–water partition coefficient (Wildman–Crippen LogP) is 2.51. The van der Waals surface area contributed by atoms with E-state index in [1.807, 2.05) is 43.6 Å². The Kier molecular flexibility index (Phi) is 3.02. The first-order valence-electron chi connectivity index (χ1n) is 6.54. The molecule has 2 N–H and O–H groups in total. The molecule has 0 saturated carbocycles. The third-order valence-electron chi connectivity index (χ3n) is 3.58. The van der Waals surface area contributed by atoms with Crippen LogP contribution < -0.4 is 10.6 Å². The van der Waals surface area contributed by atoms with Gasteiger partial charge in [0.25, 0.3) is 0 Å². The van der Waals surface area contributed by atoms with Crippen molar-refractivity contribution in [1.82, 2.24) is 14.6 Å². The predicted molar refractivity (Wildman–Crippen MR) is 80.7 cm³/mol. The van der Waals surface area contributed by atoms with E-state index in [1.165, 1.54) is 5.56 Å². The molecule has 0 bridgehead atoms. The number of nitrogens with two attached hydrogens (primary N) is 1. The van der Waals surface area contributed by atoms with Crippen LogP contribution >= 0.6 is 0 Å².